The predicted octanol–water partition coefficient (Wildman–Crippen LogP) is 3.26. The van der Waals surface area contributed by atoms with Gasteiger partial charge < -0.3 is 10.6 Å². The average molecular weight is 426 g/mol. The van der Waals surface area contributed by atoms with Crippen LogP contribution in [0.2, 0.25) is 0 Å². The van der Waals surface area contributed by atoms with Crippen LogP contribution in [0.4, 0.5) is 0 Å². The molecule has 2 unspecified atom stereocenters. The Hall–Kier alpha value is -1.63. The number of aromatic nitrogens is 3. The van der Waals surface area contributed by atoms with Gasteiger partial charge in [-0.15, -0.1) is 24.8 Å². The summed E-state index contributed by atoms with van der Waals surface area (Å²) in [4.78, 5) is 16.8. The van der Waals surface area contributed by atoms with E-state index >= 15 is 0 Å². The minimum Gasteiger partial charge on any atom is -0.352 e. The Balaban J connectivity index is 0.00000140. The summed E-state index contributed by atoms with van der Waals surface area (Å²) in [7, 11) is 0. The summed E-state index contributed by atoms with van der Waals surface area (Å²) < 4.78 is 1.84. The maximum atomic E-state index is 12.3. The Labute approximate surface area is 178 Å². The highest BCUT2D eigenvalue weighted by molar-refractivity contribution is 5.85. The van der Waals surface area contributed by atoms with E-state index in [4.69, 9.17) is 0 Å². The van der Waals surface area contributed by atoms with E-state index in [1.165, 1.54) is 12.8 Å². The monoisotopic (exact) mass is 425 g/mol. The van der Waals surface area contributed by atoms with Crippen LogP contribution in [0.3, 0.4) is 0 Å². The Bertz CT molecular complexity index is 780. The third-order valence-corrected chi connectivity index (χ3v) is 5.57. The number of nitrogens with one attached hydrogen (secondary N) is 2. The van der Waals surface area contributed by atoms with Gasteiger partial charge in [0.15, 0.2) is 5.82 Å². The summed E-state index contributed by atoms with van der Waals surface area (Å²) in [5.41, 5.74) is 3.05. The standard InChI is InChI=1S/C20H27N5O.2ClH/c1-13-7-14(2)25(24-13)19-6-3-15(11-21-19)12-22-20(26)10-16-8-17-4-5-18(9-16)23-17;;/h3,6-7,11,16-18,23H,4-5,8-10,12H2,1-2H3,(H,22,26);2*1H. The zero-order chi connectivity index (χ0) is 18.1. The molecule has 0 aromatic carbocycles. The lowest BCUT2D eigenvalue weighted by atomic mass is 9.89. The third kappa shape index (κ3) is 5.25. The van der Waals surface area contributed by atoms with Crippen LogP contribution in [-0.4, -0.2) is 32.8 Å². The number of hydrogen-bond acceptors (Lipinski definition) is 4. The van der Waals surface area contributed by atoms with E-state index in [9.17, 15) is 4.79 Å². The lowest BCUT2D eigenvalue weighted by Gasteiger charge is -2.28. The van der Waals surface area contributed by atoms with Crippen molar-refractivity contribution in [3.05, 3.63) is 41.3 Å². The lowest BCUT2D eigenvalue weighted by Crippen LogP contribution is -2.39. The molecule has 154 valence electrons. The first-order valence-corrected chi connectivity index (χ1v) is 9.58. The zero-order valence-corrected chi connectivity index (χ0v) is 18.0. The number of pyridine rings is 1. The van der Waals surface area contributed by atoms with E-state index in [0.29, 0.717) is 31.0 Å². The van der Waals surface area contributed by atoms with Gasteiger partial charge in [-0.25, -0.2) is 9.67 Å². The fraction of sp³-hybridized carbons (Fsp3) is 0.550. The topological polar surface area (TPSA) is 71.8 Å². The van der Waals surface area contributed by atoms with Gasteiger partial charge in [0, 0.05) is 36.9 Å². The summed E-state index contributed by atoms with van der Waals surface area (Å²) in [6.07, 6.45) is 7.29. The number of rotatable bonds is 5. The molecule has 6 nitrogen and oxygen atoms in total. The zero-order valence-electron chi connectivity index (χ0n) is 16.4. The molecular weight excluding hydrogens is 397 g/mol. The van der Waals surface area contributed by atoms with Gasteiger partial charge >= 0.3 is 0 Å². The van der Waals surface area contributed by atoms with Crippen molar-refractivity contribution in [3.63, 3.8) is 0 Å². The van der Waals surface area contributed by atoms with Crippen LogP contribution in [0.1, 0.15) is 49.1 Å². The SMILES string of the molecule is Cc1cc(C)n(-c2ccc(CNC(=O)CC3CC4CCC(C3)N4)cn2)n1.Cl.Cl. The largest absolute Gasteiger partial charge is 0.352 e. The number of aryl methyl sites for hydroxylation is 2. The molecule has 2 N–H and O–H groups in total. The third-order valence-electron chi connectivity index (χ3n) is 5.57. The minimum atomic E-state index is 0. The molecule has 2 saturated heterocycles. The molecule has 2 aliphatic rings. The summed E-state index contributed by atoms with van der Waals surface area (Å²) in [5.74, 6) is 1.48. The molecule has 2 aromatic heterocycles. The van der Waals surface area contributed by atoms with Crippen LogP contribution in [-0.2, 0) is 11.3 Å². The Morgan fingerprint density at radius 3 is 2.50 bits per heavy atom. The van der Waals surface area contributed by atoms with Crippen LogP contribution >= 0.6 is 24.8 Å². The molecule has 0 aliphatic carbocycles. The molecule has 0 spiro atoms. The maximum Gasteiger partial charge on any atom is 0.220 e. The van der Waals surface area contributed by atoms with Gasteiger partial charge in [-0.05, 0) is 63.1 Å². The van der Waals surface area contributed by atoms with E-state index in [2.05, 4.69) is 20.7 Å². The molecule has 2 aliphatic heterocycles. The molecule has 4 heterocycles. The van der Waals surface area contributed by atoms with Crippen LogP contribution in [0.25, 0.3) is 5.82 Å². The first kappa shape index (κ1) is 22.7. The number of hydrogen-bond donors (Lipinski definition) is 2. The fourth-order valence-corrected chi connectivity index (χ4v) is 4.38. The number of fused-ring (bicyclic) bond motifs is 2. The molecule has 0 saturated carbocycles. The van der Waals surface area contributed by atoms with Gasteiger partial charge in [0.25, 0.3) is 0 Å². The normalized spacial score (nSPS) is 22.9. The van der Waals surface area contributed by atoms with E-state index in [1.807, 2.05) is 42.9 Å². The summed E-state index contributed by atoms with van der Waals surface area (Å²) >= 11 is 0. The molecule has 1 amide bonds. The Morgan fingerprint density at radius 2 is 1.93 bits per heavy atom. The molecule has 28 heavy (non-hydrogen) atoms. The predicted molar refractivity (Wildman–Crippen MR) is 114 cm³/mol. The van der Waals surface area contributed by atoms with Crippen LogP contribution in [0.5, 0.6) is 0 Å². The van der Waals surface area contributed by atoms with E-state index < -0.39 is 0 Å². The first-order valence-electron chi connectivity index (χ1n) is 9.58. The molecule has 4 rings (SSSR count). The first-order chi connectivity index (χ1) is 12.6. The van der Waals surface area contributed by atoms with Crippen molar-refractivity contribution in [1.82, 2.24) is 25.4 Å². The Morgan fingerprint density at radius 1 is 1.21 bits per heavy atom. The van der Waals surface area contributed by atoms with E-state index in [0.717, 1.165) is 35.6 Å². The summed E-state index contributed by atoms with van der Waals surface area (Å²) in [6, 6.07) is 7.26. The van der Waals surface area contributed by atoms with Gasteiger partial charge in [-0.3, -0.25) is 4.79 Å². The van der Waals surface area contributed by atoms with Crippen LogP contribution in [0.15, 0.2) is 24.4 Å². The molecule has 2 aromatic rings. The highest BCUT2D eigenvalue weighted by Crippen LogP contribution is 2.32. The van der Waals surface area contributed by atoms with Crippen molar-refractivity contribution in [3.8, 4) is 5.82 Å². The van der Waals surface area contributed by atoms with Gasteiger partial charge in [-0.1, -0.05) is 6.07 Å². The van der Waals surface area contributed by atoms with Crippen molar-refractivity contribution < 1.29 is 4.79 Å². The quantitative estimate of drug-likeness (QED) is 0.770. The lowest BCUT2D eigenvalue weighted by molar-refractivity contribution is -0.122. The van der Waals surface area contributed by atoms with Crippen molar-refractivity contribution in [2.75, 3.05) is 0 Å². The van der Waals surface area contributed by atoms with Crippen molar-refractivity contribution >= 4 is 30.7 Å². The number of carbonyl (C=O) groups excluding carboxylic acids is 1. The summed E-state index contributed by atoms with van der Waals surface area (Å²) in [5, 5.41) is 11.1. The molecule has 2 atom stereocenters. The van der Waals surface area contributed by atoms with Gasteiger partial charge in [0.2, 0.25) is 5.91 Å². The van der Waals surface area contributed by atoms with Crippen LogP contribution < -0.4 is 10.6 Å². The smallest absolute Gasteiger partial charge is 0.220 e. The van der Waals surface area contributed by atoms with Gasteiger partial charge in [0.05, 0.1) is 5.69 Å². The molecule has 0 radical (unpaired) electrons. The number of nitrogens with zero attached hydrogens (tertiary/aromatic N) is 3. The highest BCUT2D eigenvalue weighted by atomic mass is 35.5. The van der Waals surface area contributed by atoms with Gasteiger partial charge in [0.1, 0.15) is 0 Å². The number of piperidine rings is 1. The minimum absolute atomic E-state index is 0. The second-order valence-electron chi connectivity index (χ2n) is 7.82. The second kappa shape index (κ2) is 9.72. The number of halogens is 2. The van der Waals surface area contributed by atoms with E-state index in [1.54, 1.807) is 0 Å². The average Bonchev–Trinajstić information content (AvgIpc) is 3.14. The van der Waals surface area contributed by atoms with Crippen LogP contribution in [0, 0.1) is 19.8 Å². The number of amides is 1. The molecule has 2 bridgehead atoms. The molecule has 8 heteroatoms. The van der Waals surface area contributed by atoms with Gasteiger partial charge in [-0.2, -0.15) is 5.10 Å². The second-order valence-corrected chi connectivity index (χ2v) is 7.82. The van der Waals surface area contributed by atoms with Crippen molar-refractivity contribution in [2.24, 2.45) is 5.92 Å². The van der Waals surface area contributed by atoms with Crippen molar-refractivity contribution in [2.45, 2.75) is 64.6 Å². The maximum absolute atomic E-state index is 12.3. The number of carbonyl (C=O) groups is 1. The molecule has 2 fully saturated rings. The van der Waals surface area contributed by atoms with E-state index in [-0.39, 0.29) is 30.7 Å². The Kier molecular flexibility index (Phi) is 7.87. The highest BCUT2D eigenvalue weighted by Gasteiger charge is 2.34. The van der Waals surface area contributed by atoms with Crippen molar-refractivity contribution in [1.29, 1.82) is 0 Å². The summed E-state index contributed by atoms with van der Waals surface area (Å²) in [6.45, 7) is 4.52. The fourth-order valence-electron chi connectivity index (χ4n) is 4.38. The molecular formula is C20H29Cl2N5O.